The first-order chi connectivity index (χ1) is 10.6. The van der Waals surface area contributed by atoms with E-state index in [0.717, 1.165) is 27.7 Å². The van der Waals surface area contributed by atoms with Gasteiger partial charge in [0, 0.05) is 23.1 Å². The quantitative estimate of drug-likeness (QED) is 0.757. The summed E-state index contributed by atoms with van der Waals surface area (Å²) >= 11 is 0. The lowest BCUT2D eigenvalue weighted by molar-refractivity contribution is -0.120. The summed E-state index contributed by atoms with van der Waals surface area (Å²) in [5, 5.41) is 4.13. The van der Waals surface area contributed by atoms with Gasteiger partial charge in [-0.05, 0) is 31.0 Å². The SMILES string of the molecule is Cc1cccc(CNC(=O)Cc2c(C)[nH]c3ccccc23)c1. The first-order valence-corrected chi connectivity index (χ1v) is 7.52. The fourth-order valence-corrected chi connectivity index (χ4v) is 2.81. The molecule has 0 bridgehead atoms. The number of carbonyl (C=O) groups is 1. The van der Waals surface area contributed by atoms with Gasteiger partial charge in [-0.25, -0.2) is 0 Å². The molecular weight excluding hydrogens is 272 g/mol. The summed E-state index contributed by atoms with van der Waals surface area (Å²) in [4.78, 5) is 15.6. The molecule has 0 saturated heterocycles. The molecule has 0 spiro atoms. The van der Waals surface area contributed by atoms with Crippen LogP contribution in [0.4, 0.5) is 0 Å². The van der Waals surface area contributed by atoms with E-state index in [4.69, 9.17) is 0 Å². The molecule has 3 rings (SSSR count). The van der Waals surface area contributed by atoms with Crippen LogP contribution in [0, 0.1) is 13.8 Å². The number of nitrogens with one attached hydrogen (secondary N) is 2. The highest BCUT2D eigenvalue weighted by Gasteiger charge is 2.11. The van der Waals surface area contributed by atoms with Crippen molar-refractivity contribution in [2.75, 3.05) is 0 Å². The van der Waals surface area contributed by atoms with E-state index in [-0.39, 0.29) is 5.91 Å². The largest absolute Gasteiger partial charge is 0.358 e. The van der Waals surface area contributed by atoms with Crippen LogP contribution in [0.2, 0.25) is 0 Å². The summed E-state index contributed by atoms with van der Waals surface area (Å²) < 4.78 is 0. The number of aromatic nitrogens is 1. The fourth-order valence-electron chi connectivity index (χ4n) is 2.81. The van der Waals surface area contributed by atoms with Crippen molar-refractivity contribution in [1.82, 2.24) is 10.3 Å². The third-order valence-electron chi connectivity index (χ3n) is 3.94. The van der Waals surface area contributed by atoms with Gasteiger partial charge in [0.25, 0.3) is 0 Å². The molecule has 2 aromatic carbocycles. The molecule has 112 valence electrons. The molecule has 3 heteroatoms. The first-order valence-electron chi connectivity index (χ1n) is 7.52. The van der Waals surface area contributed by atoms with Crippen molar-refractivity contribution in [2.45, 2.75) is 26.8 Å². The number of hydrogen-bond donors (Lipinski definition) is 2. The summed E-state index contributed by atoms with van der Waals surface area (Å²) in [6.45, 7) is 4.64. The lowest BCUT2D eigenvalue weighted by Crippen LogP contribution is -2.24. The molecule has 0 saturated carbocycles. The number of aryl methyl sites for hydroxylation is 2. The van der Waals surface area contributed by atoms with Gasteiger partial charge in [-0.2, -0.15) is 0 Å². The van der Waals surface area contributed by atoms with Crippen LogP contribution < -0.4 is 5.32 Å². The smallest absolute Gasteiger partial charge is 0.224 e. The van der Waals surface area contributed by atoms with Crippen molar-refractivity contribution in [1.29, 1.82) is 0 Å². The molecule has 1 heterocycles. The predicted octanol–water partition coefficient (Wildman–Crippen LogP) is 3.64. The number of amides is 1. The van der Waals surface area contributed by atoms with Gasteiger partial charge in [-0.15, -0.1) is 0 Å². The fraction of sp³-hybridized carbons (Fsp3) is 0.211. The number of H-pyrrole nitrogens is 1. The molecule has 1 amide bonds. The van der Waals surface area contributed by atoms with Gasteiger partial charge in [-0.3, -0.25) is 4.79 Å². The highest BCUT2D eigenvalue weighted by atomic mass is 16.1. The number of hydrogen-bond acceptors (Lipinski definition) is 1. The van der Waals surface area contributed by atoms with Crippen molar-refractivity contribution in [3.63, 3.8) is 0 Å². The van der Waals surface area contributed by atoms with Gasteiger partial charge in [0.2, 0.25) is 5.91 Å². The Labute approximate surface area is 130 Å². The summed E-state index contributed by atoms with van der Waals surface area (Å²) in [5.41, 5.74) is 5.56. The van der Waals surface area contributed by atoms with Crippen LogP contribution in [0.3, 0.4) is 0 Å². The van der Waals surface area contributed by atoms with Gasteiger partial charge in [0.15, 0.2) is 0 Å². The molecule has 22 heavy (non-hydrogen) atoms. The Balaban J connectivity index is 1.70. The van der Waals surface area contributed by atoms with Gasteiger partial charge in [0.05, 0.1) is 6.42 Å². The minimum atomic E-state index is 0.0503. The van der Waals surface area contributed by atoms with E-state index in [1.807, 2.05) is 37.3 Å². The zero-order chi connectivity index (χ0) is 15.5. The van der Waals surface area contributed by atoms with Crippen LogP contribution in [0.5, 0.6) is 0 Å². The van der Waals surface area contributed by atoms with Crippen molar-refractivity contribution in [3.05, 3.63) is 70.9 Å². The number of benzene rings is 2. The Morgan fingerprint density at radius 3 is 2.73 bits per heavy atom. The van der Waals surface area contributed by atoms with Crippen molar-refractivity contribution in [3.8, 4) is 0 Å². The van der Waals surface area contributed by atoms with E-state index < -0.39 is 0 Å². The topological polar surface area (TPSA) is 44.9 Å². The second-order valence-electron chi connectivity index (χ2n) is 5.72. The molecular formula is C19H20N2O. The molecule has 0 unspecified atom stereocenters. The average Bonchev–Trinajstić information content (AvgIpc) is 2.81. The highest BCUT2D eigenvalue weighted by Crippen LogP contribution is 2.22. The van der Waals surface area contributed by atoms with Crippen LogP contribution in [-0.4, -0.2) is 10.9 Å². The normalized spacial score (nSPS) is 10.8. The molecule has 1 aromatic heterocycles. The highest BCUT2D eigenvalue weighted by molar-refractivity contribution is 5.90. The van der Waals surface area contributed by atoms with Crippen molar-refractivity contribution < 1.29 is 4.79 Å². The van der Waals surface area contributed by atoms with E-state index in [9.17, 15) is 4.79 Å². The Hall–Kier alpha value is -2.55. The molecule has 0 aliphatic heterocycles. The predicted molar refractivity (Wildman–Crippen MR) is 89.8 cm³/mol. The summed E-state index contributed by atoms with van der Waals surface area (Å²) in [7, 11) is 0. The van der Waals surface area contributed by atoms with Crippen LogP contribution >= 0.6 is 0 Å². The molecule has 0 fully saturated rings. The lowest BCUT2D eigenvalue weighted by atomic mass is 10.1. The Morgan fingerprint density at radius 2 is 1.91 bits per heavy atom. The number of fused-ring (bicyclic) bond motifs is 1. The number of para-hydroxylation sites is 1. The molecule has 0 atom stereocenters. The Bertz CT molecular complexity index is 817. The van der Waals surface area contributed by atoms with E-state index in [1.54, 1.807) is 0 Å². The molecule has 0 aliphatic rings. The first kappa shape index (κ1) is 14.4. The van der Waals surface area contributed by atoms with E-state index >= 15 is 0 Å². The standard InChI is InChI=1S/C19H20N2O/c1-13-6-5-7-15(10-13)12-20-19(22)11-17-14(2)21-18-9-4-3-8-16(17)18/h3-10,21H,11-12H2,1-2H3,(H,20,22). The van der Waals surface area contributed by atoms with E-state index in [1.165, 1.54) is 5.56 Å². The van der Waals surface area contributed by atoms with Crippen LogP contribution in [0.1, 0.15) is 22.4 Å². The summed E-state index contributed by atoms with van der Waals surface area (Å²) in [6, 6.07) is 16.3. The number of rotatable bonds is 4. The molecule has 3 nitrogen and oxygen atoms in total. The maximum atomic E-state index is 12.2. The molecule has 0 radical (unpaired) electrons. The van der Waals surface area contributed by atoms with Gasteiger partial charge in [0.1, 0.15) is 0 Å². The number of aromatic amines is 1. The maximum Gasteiger partial charge on any atom is 0.224 e. The van der Waals surface area contributed by atoms with Gasteiger partial charge >= 0.3 is 0 Å². The zero-order valence-electron chi connectivity index (χ0n) is 12.9. The minimum Gasteiger partial charge on any atom is -0.358 e. The van der Waals surface area contributed by atoms with Crippen molar-refractivity contribution in [2.24, 2.45) is 0 Å². The summed E-state index contributed by atoms with van der Waals surface area (Å²) in [5.74, 6) is 0.0503. The third-order valence-corrected chi connectivity index (χ3v) is 3.94. The second-order valence-corrected chi connectivity index (χ2v) is 5.72. The maximum absolute atomic E-state index is 12.2. The van der Waals surface area contributed by atoms with Crippen LogP contribution in [-0.2, 0) is 17.8 Å². The lowest BCUT2D eigenvalue weighted by Gasteiger charge is -2.06. The van der Waals surface area contributed by atoms with E-state index in [2.05, 4.69) is 35.4 Å². The van der Waals surface area contributed by atoms with Crippen LogP contribution in [0.25, 0.3) is 10.9 Å². The molecule has 3 aromatic rings. The van der Waals surface area contributed by atoms with Crippen molar-refractivity contribution >= 4 is 16.8 Å². The van der Waals surface area contributed by atoms with E-state index in [0.29, 0.717) is 13.0 Å². The average molecular weight is 292 g/mol. The van der Waals surface area contributed by atoms with Crippen LogP contribution in [0.15, 0.2) is 48.5 Å². The number of carbonyl (C=O) groups excluding carboxylic acids is 1. The monoisotopic (exact) mass is 292 g/mol. The zero-order valence-corrected chi connectivity index (χ0v) is 12.9. The Morgan fingerprint density at radius 1 is 1.09 bits per heavy atom. The molecule has 2 N–H and O–H groups in total. The minimum absolute atomic E-state index is 0.0503. The Kier molecular flexibility index (Phi) is 3.96. The summed E-state index contributed by atoms with van der Waals surface area (Å²) in [6.07, 6.45) is 0.404. The van der Waals surface area contributed by atoms with Gasteiger partial charge < -0.3 is 10.3 Å². The van der Waals surface area contributed by atoms with Gasteiger partial charge in [-0.1, -0.05) is 48.0 Å². The molecule has 0 aliphatic carbocycles. The third kappa shape index (κ3) is 3.03. The second kappa shape index (κ2) is 6.06.